The summed E-state index contributed by atoms with van der Waals surface area (Å²) in [6.07, 6.45) is 0.742. The topological polar surface area (TPSA) is 157 Å². The maximum atomic E-state index is 13.1. The van der Waals surface area contributed by atoms with Crippen molar-refractivity contribution in [2.45, 2.75) is 18.9 Å². The summed E-state index contributed by atoms with van der Waals surface area (Å²) in [6, 6.07) is 2.52. The van der Waals surface area contributed by atoms with Crippen molar-refractivity contribution in [1.82, 2.24) is 4.90 Å². The SMILES string of the molecule is CN(C)[C@H]1C(=O)C(C(N)=O)=C(O)C2=C(O)C3=C(O)c4c(O)ccc(N5CCOCC5)c4C[C@H]3C[C@H]21. The highest BCUT2D eigenvalue weighted by molar-refractivity contribution is 6.22. The lowest BCUT2D eigenvalue weighted by Crippen LogP contribution is -2.51. The van der Waals surface area contributed by atoms with Crippen LogP contribution in [0.5, 0.6) is 5.75 Å². The zero-order valence-corrected chi connectivity index (χ0v) is 19.6. The number of carbonyl (C=O) groups is 2. The molecule has 3 aliphatic carbocycles. The Balaban J connectivity index is 1.72. The van der Waals surface area contributed by atoms with E-state index in [0.29, 0.717) is 39.1 Å². The van der Waals surface area contributed by atoms with Gasteiger partial charge in [-0.2, -0.15) is 0 Å². The first-order valence-electron chi connectivity index (χ1n) is 11.6. The highest BCUT2D eigenvalue weighted by Crippen LogP contribution is 2.52. The molecule has 4 aliphatic rings. The lowest BCUT2D eigenvalue weighted by molar-refractivity contribution is -0.125. The van der Waals surface area contributed by atoms with E-state index in [-0.39, 0.29) is 39.9 Å². The molecule has 5 rings (SSSR count). The van der Waals surface area contributed by atoms with Crippen LogP contribution in [0.4, 0.5) is 5.69 Å². The van der Waals surface area contributed by atoms with E-state index < -0.39 is 35.0 Å². The summed E-state index contributed by atoms with van der Waals surface area (Å²) >= 11 is 0. The number of fused-ring (bicyclic) bond motifs is 3. The number of anilines is 1. The maximum Gasteiger partial charge on any atom is 0.256 e. The van der Waals surface area contributed by atoms with Crippen molar-refractivity contribution in [3.05, 3.63) is 51.5 Å². The van der Waals surface area contributed by atoms with Gasteiger partial charge in [0, 0.05) is 35.8 Å². The van der Waals surface area contributed by atoms with Crippen LogP contribution >= 0.6 is 0 Å². The molecular formula is C25H29N3O7. The first kappa shape index (κ1) is 23.3. The molecule has 186 valence electrons. The fourth-order valence-electron chi connectivity index (χ4n) is 6.11. The normalized spacial score (nSPS) is 26.7. The monoisotopic (exact) mass is 483 g/mol. The van der Waals surface area contributed by atoms with Gasteiger partial charge in [0.25, 0.3) is 5.91 Å². The summed E-state index contributed by atoms with van der Waals surface area (Å²) in [5, 5.41) is 44.2. The van der Waals surface area contributed by atoms with Crippen LogP contribution in [-0.2, 0) is 20.7 Å². The van der Waals surface area contributed by atoms with Gasteiger partial charge in [-0.3, -0.25) is 14.5 Å². The number of primary amides is 1. The Hall–Kier alpha value is -3.50. The number of phenolic OH excluding ortho intramolecular Hbond substituents is 1. The second-order valence-corrected chi connectivity index (χ2v) is 9.69. The lowest BCUT2D eigenvalue weighted by atomic mass is 9.64. The molecule has 0 radical (unpaired) electrons. The number of allylic oxidation sites excluding steroid dienone is 2. The molecule has 1 heterocycles. The molecule has 1 amide bonds. The Morgan fingerprint density at radius 2 is 1.74 bits per heavy atom. The third kappa shape index (κ3) is 3.39. The number of aliphatic hydroxyl groups excluding tert-OH is 3. The number of carbonyl (C=O) groups excluding carboxylic acids is 2. The molecule has 0 saturated carbocycles. The molecule has 1 aromatic carbocycles. The highest BCUT2D eigenvalue weighted by Gasteiger charge is 2.50. The van der Waals surface area contributed by atoms with Gasteiger partial charge in [0.05, 0.1) is 24.8 Å². The van der Waals surface area contributed by atoms with E-state index >= 15 is 0 Å². The van der Waals surface area contributed by atoms with Gasteiger partial charge >= 0.3 is 0 Å². The second-order valence-electron chi connectivity index (χ2n) is 9.69. The number of nitrogens with two attached hydrogens (primary N) is 1. The predicted molar refractivity (Wildman–Crippen MR) is 127 cm³/mol. The highest BCUT2D eigenvalue weighted by atomic mass is 16.5. The number of phenols is 1. The molecule has 0 unspecified atom stereocenters. The summed E-state index contributed by atoms with van der Waals surface area (Å²) in [7, 11) is 3.37. The van der Waals surface area contributed by atoms with E-state index in [1.165, 1.54) is 6.07 Å². The van der Waals surface area contributed by atoms with Crippen molar-refractivity contribution < 1.29 is 34.8 Å². The summed E-state index contributed by atoms with van der Waals surface area (Å²) in [5.74, 6) is -4.12. The van der Waals surface area contributed by atoms with E-state index in [1.54, 1.807) is 19.0 Å². The molecule has 1 aromatic rings. The minimum Gasteiger partial charge on any atom is -0.507 e. The number of Topliss-reactive ketones (excluding diaryl/α,β-unsaturated/α-hetero) is 1. The first-order chi connectivity index (χ1) is 16.6. The average molecular weight is 484 g/mol. The summed E-state index contributed by atoms with van der Waals surface area (Å²) in [6.45, 7) is 2.48. The van der Waals surface area contributed by atoms with Crippen LogP contribution in [0, 0.1) is 11.8 Å². The number of benzene rings is 1. The Morgan fingerprint density at radius 1 is 1.06 bits per heavy atom. The van der Waals surface area contributed by atoms with Crippen LogP contribution in [0.3, 0.4) is 0 Å². The smallest absolute Gasteiger partial charge is 0.256 e. The van der Waals surface area contributed by atoms with Crippen LogP contribution in [0.25, 0.3) is 5.76 Å². The number of morpholine rings is 1. The molecule has 3 atom stereocenters. The molecule has 0 bridgehead atoms. The van der Waals surface area contributed by atoms with E-state index in [0.717, 1.165) is 11.3 Å². The van der Waals surface area contributed by atoms with Crippen molar-refractivity contribution in [3.63, 3.8) is 0 Å². The van der Waals surface area contributed by atoms with Crippen LogP contribution in [0.2, 0.25) is 0 Å². The second kappa shape index (κ2) is 8.31. The number of hydrogen-bond donors (Lipinski definition) is 5. The molecule has 10 nitrogen and oxygen atoms in total. The van der Waals surface area contributed by atoms with Crippen LogP contribution in [0.1, 0.15) is 17.5 Å². The van der Waals surface area contributed by atoms with Crippen molar-refractivity contribution in [2.75, 3.05) is 45.3 Å². The van der Waals surface area contributed by atoms with Crippen molar-refractivity contribution >= 4 is 23.1 Å². The molecular weight excluding hydrogens is 454 g/mol. The lowest BCUT2D eigenvalue weighted by Gasteiger charge is -2.44. The Labute approximate surface area is 202 Å². The van der Waals surface area contributed by atoms with Gasteiger partial charge in [0.15, 0.2) is 5.78 Å². The molecule has 0 aromatic heterocycles. The zero-order valence-electron chi connectivity index (χ0n) is 19.6. The summed E-state index contributed by atoms with van der Waals surface area (Å²) < 4.78 is 5.46. The number of nitrogens with zero attached hydrogens (tertiary/aromatic N) is 2. The fraction of sp³-hybridized carbons (Fsp3) is 0.440. The largest absolute Gasteiger partial charge is 0.507 e. The number of ketones is 1. The Morgan fingerprint density at radius 3 is 2.37 bits per heavy atom. The van der Waals surface area contributed by atoms with Gasteiger partial charge in [0.2, 0.25) is 0 Å². The molecule has 1 fully saturated rings. The summed E-state index contributed by atoms with van der Waals surface area (Å²) in [5.41, 5.74) is 6.91. The zero-order chi connectivity index (χ0) is 25.2. The average Bonchev–Trinajstić information content (AvgIpc) is 2.78. The number of rotatable bonds is 3. The Kier molecular flexibility index (Phi) is 5.52. The maximum absolute atomic E-state index is 13.1. The number of amides is 1. The molecule has 1 aliphatic heterocycles. The van der Waals surface area contributed by atoms with Crippen LogP contribution in [0.15, 0.2) is 40.4 Å². The summed E-state index contributed by atoms with van der Waals surface area (Å²) in [4.78, 5) is 28.9. The van der Waals surface area contributed by atoms with Crippen molar-refractivity contribution in [3.8, 4) is 5.75 Å². The van der Waals surface area contributed by atoms with E-state index in [2.05, 4.69) is 4.90 Å². The number of aromatic hydroxyl groups is 1. The third-order valence-electron chi connectivity index (χ3n) is 7.58. The quantitative estimate of drug-likeness (QED) is 0.400. The minimum atomic E-state index is -1.08. The Bertz CT molecular complexity index is 1220. The standard InChI is InChI=1S/C25H29N3O7/c1-27(2)20-13-10-11-9-12-14(28-5-7-35-8-6-28)3-4-15(29)17(12)21(30)16(11)22(31)18(13)23(32)19(24(20)33)25(26)34/h3-4,11,13,20,29-32H,5-10H2,1-2H3,(H2,26,34)/t11-,13+,20+/m0/s1. The third-order valence-corrected chi connectivity index (χ3v) is 7.58. The van der Waals surface area contributed by atoms with E-state index in [1.807, 2.05) is 6.07 Å². The van der Waals surface area contributed by atoms with Crippen LogP contribution < -0.4 is 10.6 Å². The van der Waals surface area contributed by atoms with Gasteiger partial charge in [-0.1, -0.05) is 0 Å². The van der Waals surface area contributed by atoms with E-state index in [4.69, 9.17) is 10.5 Å². The predicted octanol–water partition coefficient (Wildman–Crippen LogP) is 1.31. The van der Waals surface area contributed by atoms with Gasteiger partial charge in [-0.25, -0.2) is 0 Å². The minimum absolute atomic E-state index is 0.0159. The van der Waals surface area contributed by atoms with Crippen molar-refractivity contribution in [2.24, 2.45) is 17.6 Å². The van der Waals surface area contributed by atoms with E-state index in [9.17, 15) is 30.0 Å². The van der Waals surface area contributed by atoms with Crippen LogP contribution in [-0.4, -0.2) is 83.5 Å². The molecule has 10 heteroatoms. The number of likely N-dealkylation sites (N-methyl/N-ethyl adjacent to an activating group) is 1. The first-order valence-corrected chi connectivity index (χ1v) is 11.6. The molecule has 0 spiro atoms. The molecule has 6 N–H and O–H groups in total. The van der Waals surface area contributed by atoms with Gasteiger partial charge < -0.3 is 35.8 Å². The number of ether oxygens (including phenoxy) is 1. The number of aliphatic hydroxyl groups is 3. The van der Waals surface area contributed by atoms with Crippen molar-refractivity contribution in [1.29, 1.82) is 0 Å². The van der Waals surface area contributed by atoms with Gasteiger partial charge in [0.1, 0.15) is 28.6 Å². The fourth-order valence-corrected chi connectivity index (χ4v) is 6.11. The van der Waals surface area contributed by atoms with Gasteiger partial charge in [-0.15, -0.1) is 0 Å². The molecule has 1 saturated heterocycles. The number of hydrogen-bond acceptors (Lipinski definition) is 9. The molecule has 35 heavy (non-hydrogen) atoms. The van der Waals surface area contributed by atoms with Gasteiger partial charge in [-0.05, 0) is 50.6 Å².